The first kappa shape index (κ1) is 15.0. The van der Waals surface area contributed by atoms with Crippen LogP contribution >= 0.6 is 0 Å². The quantitative estimate of drug-likeness (QED) is 0.656. The van der Waals surface area contributed by atoms with Gasteiger partial charge in [0, 0.05) is 6.04 Å². The van der Waals surface area contributed by atoms with Gasteiger partial charge in [-0.2, -0.15) is 0 Å². The third-order valence-corrected chi connectivity index (χ3v) is 4.60. The van der Waals surface area contributed by atoms with E-state index in [2.05, 4.69) is 39.6 Å². The van der Waals surface area contributed by atoms with Gasteiger partial charge in [0.2, 0.25) is 0 Å². The fourth-order valence-corrected chi connectivity index (χ4v) is 3.14. The van der Waals surface area contributed by atoms with Crippen LogP contribution in [0.3, 0.4) is 0 Å². The first-order chi connectivity index (χ1) is 8.00. The maximum Gasteiger partial charge on any atom is 0.00924 e. The van der Waals surface area contributed by atoms with Crippen molar-refractivity contribution < 1.29 is 0 Å². The predicted molar refractivity (Wildman–Crippen MR) is 77.3 cm³/mol. The molecular weight excluding hydrogens is 206 g/mol. The Balaban J connectivity index is 2.19. The van der Waals surface area contributed by atoms with Gasteiger partial charge in [-0.25, -0.2) is 0 Å². The van der Waals surface area contributed by atoms with Gasteiger partial charge in [0.05, 0.1) is 0 Å². The first-order valence-corrected chi connectivity index (χ1v) is 7.71. The second kappa shape index (κ2) is 7.41. The van der Waals surface area contributed by atoms with E-state index in [4.69, 9.17) is 0 Å². The van der Waals surface area contributed by atoms with Crippen LogP contribution < -0.4 is 0 Å². The monoisotopic (exact) mass is 239 g/mol. The molecule has 0 aromatic carbocycles. The van der Waals surface area contributed by atoms with E-state index in [1.54, 1.807) is 0 Å². The van der Waals surface area contributed by atoms with E-state index in [0.717, 1.165) is 23.8 Å². The van der Waals surface area contributed by atoms with Crippen LogP contribution in [-0.2, 0) is 0 Å². The van der Waals surface area contributed by atoms with Crippen LogP contribution in [0.25, 0.3) is 0 Å². The Morgan fingerprint density at radius 3 is 2.06 bits per heavy atom. The Hall–Kier alpha value is -0.0400. The zero-order chi connectivity index (χ0) is 12.8. The zero-order valence-electron chi connectivity index (χ0n) is 12.7. The molecule has 0 unspecified atom stereocenters. The van der Waals surface area contributed by atoms with Crippen LogP contribution in [0.15, 0.2) is 0 Å². The Labute approximate surface area is 109 Å². The molecule has 1 aliphatic carbocycles. The fraction of sp³-hybridized carbons (Fsp3) is 1.00. The Kier molecular flexibility index (Phi) is 6.54. The summed E-state index contributed by atoms with van der Waals surface area (Å²) < 4.78 is 0. The van der Waals surface area contributed by atoms with Gasteiger partial charge in [-0.1, -0.05) is 27.7 Å². The van der Waals surface area contributed by atoms with Crippen molar-refractivity contribution in [1.82, 2.24) is 4.90 Å². The number of rotatable bonds is 6. The van der Waals surface area contributed by atoms with Crippen molar-refractivity contribution in [1.29, 1.82) is 0 Å². The summed E-state index contributed by atoms with van der Waals surface area (Å²) in [4.78, 5) is 2.62. The van der Waals surface area contributed by atoms with E-state index in [1.807, 2.05) is 0 Å². The lowest BCUT2D eigenvalue weighted by Gasteiger charge is -2.36. The molecule has 0 atom stereocenters. The molecule has 0 radical (unpaired) electrons. The molecule has 0 saturated heterocycles. The molecule has 1 nitrogen and oxygen atoms in total. The van der Waals surface area contributed by atoms with Gasteiger partial charge < -0.3 is 4.90 Å². The average molecular weight is 239 g/mol. The number of hydrogen-bond acceptors (Lipinski definition) is 1. The van der Waals surface area contributed by atoms with Crippen molar-refractivity contribution >= 4 is 0 Å². The maximum absolute atomic E-state index is 2.62. The molecule has 1 aliphatic rings. The Morgan fingerprint density at radius 2 is 1.59 bits per heavy atom. The molecule has 0 heterocycles. The highest BCUT2D eigenvalue weighted by atomic mass is 15.1. The van der Waals surface area contributed by atoms with E-state index < -0.39 is 0 Å². The van der Waals surface area contributed by atoms with Crippen molar-refractivity contribution in [2.45, 2.75) is 72.3 Å². The van der Waals surface area contributed by atoms with Crippen molar-refractivity contribution in [2.75, 3.05) is 13.6 Å². The summed E-state index contributed by atoms with van der Waals surface area (Å²) in [5, 5.41) is 0. The van der Waals surface area contributed by atoms with Gasteiger partial charge in [0.25, 0.3) is 0 Å². The zero-order valence-corrected chi connectivity index (χ0v) is 12.7. The summed E-state index contributed by atoms with van der Waals surface area (Å²) in [5.41, 5.74) is 0. The third kappa shape index (κ3) is 5.42. The number of hydrogen-bond donors (Lipinski definition) is 0. The average Bonchev–Trinajstić information content (AvgIpc) is 2.28. The van der Waals surface area contributed by atoms with E-state index in [1.165, 1.54) is 45.1 Å². The SMILES string of the molecule is CC(C)CCCN(C)C1CCC(C(C)C)CC1. The molecule has 1 rings (SSSR count). The molecule has 1 heteroatoms. The van der Waals surface area contributed by atoms with Gasteiger partial charge in [0.15, 0.2) is 0 Å². The van der Waals surface area contributed by atoms with Crippen LogP contribution in [0.1, 0.15) is 66.2 Å². The van der Waals surface area contributed by atoms with Gasteiger partial charge in [-0.15, -0.1) is 0 Å². The molecule has 0 spiro atoms. The molecule has 0 amide bonds. The van der Waals surface area contributed by atoms with Crippen LogP contribution in [0.5, 0.6) is 0 Å². The fourth-order valence-electron chi connectivity index (χ4n) is 3.14. The smallest absolute Gasteiger partial charge is 0.00924 e. The maximum atomic E-state index is 2.62. The van der Waals surface area contributed by atoms with Crippen molar-refractivity contribution in [3.63, 3.8) is 0 Å². The minimum atomic E-state index is 0.861. The molecule has 0 aliphatic heterocycles. The van der Waals surface area contributed by atoms with Crippen LogP contribution in [-0.4, -0.2) is 24.5 Å². The lowest BCUT2D eigenvalue weighted by atomic mass is 9.79. The highest BCUT2D eigenvalue weighted by molar-refractivity contribution is 4.79. The summed E-state index contributed by atoms with van der Waals surface area (Å²) in [6.45, 7) is 10.7. The molecule has 1 saturated carbocycles. The Morgan fingerprint density at radius 1 is 1.00 bits per heavy atom. The van der Waals surface area contributed by atoms with Crippen molar-refractivity contribution in [3.05, 3.63) is 0 Å². The van der Waals surface area contributed by atoms with E-state index in [0.29, 0.717) is 0 Å². The minimum absolute atomic E-state index is 0.861. The summed E-state index contributed by atoms with van der Waals surface area (Å²) in [6, 6.07) is 0.872. The molecular formula is C16H33N. The normalized spacial score (nSPS) is 26.1. The Bertz CT molecular complexity index is 190. The summed E-state index contributed by atoms with van der Waals surface area (Å²) in [6.07, 6.45) is 8.53. The van der Waals surface area contributed by atoms with Crippen molar-refractivity contribution in [3.8, 4) is 0 Å². The van der Waals surface area contributed by atoms with Gasteiger partial charge in [-0.05, 0) is 69.9 Å². The summed E-state index contributed by atoms with van der Waals surface area (Å²) >= 11 is 0. The molecule has 17 heavy (non-hydrogen) atoms. The third-order valence-electron chi connectivity index (χ3n) is 4.60. The molecule has 1 fully saturated rings. The van der Waals surface area contributed by atoms with Crippen LogP contribution in [0.2, 0.25) is 0 Å². The van der Waals surface area contributed by atoms with Crippen LogP contribution in [0.4, 0.5) is 0 Å². The second-order valence-electron chi connectivity index (χ2n) is 6.83. The van der Waals surface area contributed by atoms with E-state index in [9.17, 15) is 0 Å². The van der Waals surface area contributed by atoms with Crippen LogP contribution in [0, 0.1) is 17.8 Å². The van der Waals surface area contributed by atoms with E-state index in [-0.39, 0.29) is 0 Å². The molecule has 0 N–H and O–H groups in total. The van der Waals surface area contributed by atoms with E-state index >= 15 is 0 Å². The van der Waals surface area contributed by atoms with Crippen molar-refractivity contribution in [2.24, 2.45) is 17.8 Å². The molecule has 0 aromatic rings. The topological polar surface area (TPSA) is 3.24 Å². The summed E-state index contributed by atoms with van der Waals surface area (Å²) in [7, 11) is 2.33. The minimum Gasteiger partial charge on any atom is -0.303 e. The second-order valence-corrected chi connectivity index (χ2v) is 6.83. The highest BCUT2D eigenvalue weighted by Gasteiger charge is 2.25. The standard InChI is InChI=1S/C16H33N/c1-13(2)7-6-12-17(5)16-10-8-15(9-11-16)14(3)4/h13-16H,6-12H2,1-5H3. The van der Waals surface area contributed by atoms with Gasteiger partial charge >= 0.3 is 0 Å². The first-order valence-electron chi connectivity index (χ1n) is 7.71. The molecule has 102 valence electrons. The largest absolute Gasteiger partial charge is 0.303 e. The number of nitrogens with zero attached hydrogens (tertiary/aromatic N) is 1. The summed E-state index contributed by atoms with van der Waals surface area (Å²) in [5.74, 6) is 2.75. The molecule has 0 aromatic heterocycles. The highest BCUT2D eigenvalue weighted by Crippen LogP contribution is 2.31. The predicted octanol–water partition coefficient (Wildman–Crippen LogP) is 4.57. The molecule has 0 bridgehead atoms. The lowest BCUT2D eigenvalue weighted by molar-refractivity contribution is 0.144. The van der Waals surface area contributed by atoms with Gasteiger partial charge in [0.1, 0.15) is 0 Å². The van der Waals surface area contributed by atoms with Gasteiger partial charge in [-0.3, -0.25) is 0 Å². The lowest BCUT2D eigenvalue weighted by Crippen LogP contribution is -2.36.